The molecule has 1 aliphatic rings. The molecule has 6 nitrogen and oxygen atoms in total. The van der Waals surface area contributed by atoms with Crippen LogP contribution in [-0.2, 0) is 23.1 Å². The van der Waals surface area contributed by atoms with Crippen molar-refractivity contribution in [3.63, 3.8) is 0 Å². The third-order valence-electron chi connectivity index (χ3n) is 4.13. The molecule has 1 amide bonds. The SMILES string of the molecule is O=C(NCc1ccc2c(c1)OCO2)c1ccc(CS(=O)c2ccc(Br)cc2)o1. The van der Waals surface area contributed by atoms with Crippen molar-refractivity contribution in [2.45, 2.75) is 17.2 Å². The van der Waals surface area contributed by atoms with E-state index in [1.165, 1.54) is 0 Å². The Morgan fingerprint density at radius 2 is 1.82 bits per heavy atom. The van der Waals surface area contributed by atoms with Crippen LogP contribution in [0, 0.1) is 0 Å². The van der Waals surface area contributed by atoms with E-state index in [9.17, 15) is 9.00 Å². The number of fused-ring (bicyclic) bond motifs is 1. The number of carbonyl (C=O) groups excluding carboxylic acids is 1. The summed E-state index contributed by atoms with van der Waals surface area (Å²) in [4.78, 5) is 13.0. The van der Waals surface area contributed by atoms with Gasteiger partial charge in [-0.05, 0) is 54.1 Å². The second-order valence-electron chi connectivity index (χ2n) is 6.08. The Bertz CT molecular complexity index is 1030. The number of hydrogen-bond donors (Lipinski definition) is 1. The number of amides is 1. The molecule has 3 aromatic rings. The quantitative estimate of drug-likeness (QED) is 0.599. The Kier molecular flexibility index (Phi) is 5.50. The second kappa shape index (κ2) is 8.20. The van der Waals surface area contributed by atoms with Crippen LogP contribution in [0.25, 0.3) is 0 Å². The average Bonchev–Trinajstić information content (AvgIpc) is 3.35. The summed E-state index contributed by atoms with van der Waals surface area (Å²) < 4.78 is 29.5. The molecule has 0 aliphatic carbocycles. The van der Waals surface area contributed by atoms with Gasteiger partial charge in [0, 0.05) is 15.9 Å². The molecule has 0 fully saturated rings. The molecular weight excluding hydrogens is 446 g/mol. The number of hydrogen-bond acceptors (Lipinski definition) is 5. The van der Waals surface area contributed by atoms with E-state index >= 15 is 0 Å². The number of carbonyl (C=O) groups is 1. The van der Waals surface area contributed by atoms with E-state index in [2.05, 4.69) is 21.2 Å². The number of rotatable bonds is 6. The highest BCUT2D eigenvalue weighted by molar-refractivity contribution is 9.10. The average molecular weight is 462 g/mol. The fourth-order valence-electron chi connectivity index (χ4n) is 2.70. The van der Waals surface area contributed by atoms with Crippen LogP contribution in [0.4, 0.5) is 0 Å². The van der Waals surface area contributed by atoms with E-state index in [1.807, 2.05) is 30.3 Å². The van der Waals surface area contributed by atoms with Crippen LogP contribution in [0.15, 0.2) is 68.4 Å². The normalized spacial score (nSPS) is 13.3. The van der Waals surface area contributed by atoms with Gasteiger partial charge in [-0.1, -0.05) is 22.0 Å². The van der Waals surface area contributed by atoms with Crippen molar-refractivity contribution in [1.82, 2.24) is 5.32 Å². The maximum absolute atomic E-state index is 12.4. The highest BCUT2D eigenvalue weighted by Gasteiger charge is 2.16. The van der Waals surface area contributed by atoms with Gasteiger partial charge in [0.2, 0.25) is 6.79 Å². The summed E-state index contributed by atoms with van der Waals surface area (Å²) in [5.74, 6) is 1.92. The molecule has 1 unspecified atom stereocenters. The van der Waals surface area contributed by atoms with Gasteiger partial charge in [-0.15, -0.1) is 0 Å². The highest BCUT2D eigenvalue weighted by atomic mass is 79.9. The van der Waals surface area contributed by atoms with Crippen molar-refractivity contribution in [1.29, 1.82) is 0 Å². The molecule has 0 saturated heterocycles. The third kappa shape index (κ3) is 4.28. The number of nitrogens with one attached hydrogen (secondary N) is 1. The van der Waals surface area contributed by atoms with Crippen molar-refractivity contribution in [3.05, 3.63) is 76.2 Å². The molecule has 0 bridgehead atoms. The van der Waals surface area contributed by atoms with Gasteiger partial charge in [-0.2, -0.15) is 0 Å². The van der Waals surface area contributed by atoms with E-state index < -0.39 is 10.8 Å². The Hall–Kier alpha value is -2.58. The number of halogens is 1. The molecule has 1 aliphatic heterocycles. The maximum Gasteiger partial charge on any atom is 0.287 e. The first-order chi connectivity index (χ1) is 13.6. The maximum atomic E-state index is 12.4. The monoisotopic (exact) mass is 461 g/mol. The topological polar surface area (TPSA) is 77.8 Å². The Morgan fingerprint density at radius 3 is 2.64 bits per heavy atom. The zero-order chi connectivity index (χ0) is 19.5. The van der Waals surface area contributed by atoms with Crippen molar-refractivity contribution in [2.24, 2.45) is 0 Å². The zero-order valence-corrected chi connectivity index (χ0v) is 17.0. The molecule has 144 valence electrons. The molecule has 2 aromatic carbocycles. The van der Waals surface area contributed by atoms with E-state index in [0.29, 0.717) is 28.7 Å². The molecule has 0 spiro atoms. The van der Waals surface area contributed by atoms with Crippen LogP contribution in [0.3, 0.4) is 0 Å². The van der Waals surface area contributed by atoms with Crippen molar-refractivity contribution < 1.29 is 22.9 Å². The van der Waals surface area contributed by atoms with Gasteiger partial charge in [-0.3, -0.25) is 9.00 Å². The summed E-state index contributed by atoms with van der Waals surface area (Å²) in [5.41, 5.74) is 0.890. The van der Waals surface area contributed by atoms with Gasteiger partial charge >= 0.3 is 0 Å². The first-order valence-corrected chi connectivity index (χ1v) is 10.6. The molecule has 0 radical (unpaired) electrons. The molecule has 0 saturated carbocycles. The minimum atomic E-state index is -1.25. The summed E-state index contributed by atoms with van der Waals surface area (Å²) >= 11 is 3.35. The highest BCUT2D eigenvalue weighted by Crippen LogP contribution is 2.32. The Balaban J connectivity index is 1.35. The van der Waals surface area contributed by atoms with E-state index in [1.54, 1.807) is 24.3 Å². The van der Waals surface area contributed by atoms with Crippen molar-refractivity contribution in [3.8, 4) is 11.5 Å². The Morgan fingerprint density at radius 1 is 1.04 bits per heavy atom. The van der Waals surface area contributed by atoms with Crippen LogP contribution in [0.2, 0.25) is 0 Å². The summed E-state index contributed by atoms with van der Waals surface area (Å²) in [6.45, 7) is 0.540. The van der Waals surface area contributed by atoms with Crippen molar-refractivity contribution >= 4 is 32.6 Å². The molecule has 8 heteroatoms. The van der Waals surface area contributed by atoms with Gasteiger partial charge in [-0.25, -0.2) is 0 Å². The summed E-state index contributed by atoms with van der Waals surface area (Å²) in [6, 6.07) is 16.0. The van der Waals surface area contributed by atoms with E-state index in [-0.39, 0.29) is 24.2 Å². The lowest BCUT2D eigenvalue weighted by atomic mass is 10.2. The number of furan rings is 1. The second-order valence-corrected chi connectivity index (χ2v) is 8.45. The van der Waals surface area contributed by atoms with E-state index in [0.717, 1.165) is 10.0 Å². The molecule has 2 heterocycles. The number of ether oxygens (including phenoxy) is 2. The molecule has 28 heavy (non-hydrogen) atoms. The summed E-state index contributed by atoms with van der Waals surface area (Å²) in [5, 5.41) is 2.80. The summed E-state index contributed by atoms with van der Waals surface area (Å²) in [6.07, 6.45) is 0. The van der Waals surface area contributed by atoms with Gasteiger partial charge in [0.15, 0.2) is 17.3 Å². The zero-order valence-electron chi connectivity index (χ0n) is 14.6. The standard InChI is InChI=1S/C20H16BrNO5S/c21-14-2-5-16(6-3-14)28(24)11-15-4-8-18(27-15)20(23)22-10-13-1-7-17-19(9-13)26-12-25-17/h1-9H,10-12H2,(H,22,23). The van der Waals surface area contributed by atoms with Crippen LogP contribution < -0.4 is 14.8 Å². The predicted molar refractivity (Wildman–Crippen MR) is 107 cm³/mol. The fraction of sp³-hybridized carbons (Fsp3) is 0.150. The molecule has 1 aromatic heterocycles. The van der Waals surface area contributed by atoms with Crippen LogP contribution in [0.1, 0.15) is 21.9 Å². The number of benzene rings is 2. The Labute approximate surface area is 172 Å². The lowest BCUT2D eigenvalue weighted by molar-refractivity contribution is 0.0921. The summed E-state index contributed by atoms with van der Waals surface area (Å²) in [7, 11) is -1.25. The van der Waals surface area contributed by atoms with Crippen LogP contribution in [-0.4, -0.2) is 16.9 Å². The first-order valence-electron chi connectivity index (χ1n) is 8.48. The molecule has 4 rings (SSSR count). The molecular formula is C20H16BrNO5S. The van der Waals surface area contributed by atoms with Crippen LogP contribution >= 0.6 is 15.9 Å². The molecule has 1 atom stereocenters. The van der Waals surface area contributed by atoms with Gasteiger partial charge in [0.05, 0.1) is 16.6 Å². The lowest BCUT2D eigenvalue weighted by Crippen LogP contribution is -2.22. The fourth-order valence-corrected chi connectivity index (χ4v) is 3.98. The van der Waals surface area contributed by atoms with Crippen LogP contribution in [0.5, 0.6) is 11.5 Å². The lowest BCUT2D eigenvalue weighted by Gasteiger charge is -2.05. The first kappa shape index (κ1) is 18.8. The van der Waals surface area contributed by atoms with Gasteiger partial charge in [0.1, 0.15) is 5.76 Å². The van der Waals surface area contributed by atoms with Gasteiger partial charge in [0.25, 0.3) is 5.91 Å². The molecule has 1 N–H and O–H groups in total. The largest absolute Gasteiger partial charge is 0.455 e. The van der Waals surface area contributed by atoms with Crippen molar-refractivity contribution in [2.75, 3.05) is 6.79 Å². The predicted octanol–water partition coefficient (Wildman–Crippen LogP) is 4.01. The third-order valence-corrected chi connectivity index (χ3v) is 6.00. The van der Waals surface area contributed by atoms with E-state index in [4.69, 9.17) is 13.9 Å². The smallest absolute Gasteiger partial charge is 0.287 e. The minimum absolute atomic E-state index is 0.184. The van der Waals surface area contributed by atoms with Gasteiger partial charge < -0.3 is 19.2 Å². The minimum Gasteiger partial charge on any atom is -0.455 e.